The number of aromatic nitrogens is 1. The lowest BCUT2D eigenvalue weighted by Gasteiger charge is -1.91. The van der Waals surface area contributed by atoms with E-state index in [1.165, 1.54) is 12.1 Å². The Morgan fingerprint density at radius 1 is 1.27 bits per heavy atom. The van der Waals surface area contributed by atoms with Crippen LogP contribution in [-0.2, 0) is 0 Å². The maximum atomic E-state index is 13.3. The van der Waals surface area contributed by atoms with E-state index in [4.69, 9.17) is 5.11 Å². The summed E-state index contributed by atoms with van der Waals surface area (Å²) in [6.45, 7) is 0. The van der Waals surface area contributed by atoms with Gasteiger partial charge < -0.3 is 10.1 Å². The molecule has 76 valence electrons. The molecule has 0 radical (unpaired) electrons. The second-order valence-corrected chi connectivity index (χ2v) is 3.01. The van der Waals surface area contributed by atoms with Crippen molar-refractivity contribution in [2.75, 3.05) is 0 Å². The summed E-state index contributed by atoms with van der Waals surface area (Å²) >= 11 is 0. The second kappa shape index (κ2) is 3.20. The predicted octanol–water partition coefficient (Wildman–Crippen LogP) is 0.733. The fourth-order valence-electron chi connectivity index (χ4n) is 1.30. The molecule has 0 bridgehead atoms. The van der Waals surface area contributed by atoms with Crippen LogP contribution in [0, 0.1) is 5.82 Å². The number of para-hydroxylation sites is 1. The first-order valence-corrected chi connectivity index (χ1v) is 4.14. The Labute approximate surface area is 82.6 Å². The molecule has 2 rings (SSSR count). The maximum absolute atomic E-state index is 13.3. The minimum absolute atomic E-state index is 0.0207. The standard InChI is InChI=1S/C10H6FNO3/c11-6-3-1-2-5-7(13)4-8(14)10(15)12-9(5)6/h1-4,14H,(H,12,15). The monoisotopic (exact) mass is 207 g/mol. The molecule has 15 heavy (non-hydrogen) atoms. The average Bonchev–Trinajstić information content (AvgIpc) is 2.29. The van der Waals surface area contributed by atoms with E-state index in [2.05, 4.69) is 4.98 Å². The first-order chi connectivity index (χ1) is 7.09. The van der Waals surface area contributed by atoms with Crippen LogP contribution in [-0.4, -0.2) is 10.1 Å². The number of hydrogen-bond acceptors (Lipinski definition) is 3. The van der Waals surface area contributed by atoms with Crippen molar-refractivity contribution in [1.82, 2.24) is 4.98 Å². The van der Waals surface area contributed by atoms with Gasteiger partial charge in [-0.2, -0.15) is 0 Å². The first-order valence-electron chi connectivity index (χ1n) is 4.14. The Kier molecular flexibility index (Phi) is 2.00. The highest BCUT2D eigenvalue weighted by atomic mass is 19.1. The van der Waals surface area contributed by atoms with E-state index in [0.29, 0.717) is 0 Å². The fraction of sp³-hybridized carbons (Fsp3) is 0. The zero-order valence-corrected chi connectivity index (χ0v) is 7.45. The summed E-state index contributed by atoms with van der Waals surface area (Å²) in [5, 5.41) is 9.12. The molecule has 1 heterocycles. The molecule has 0 aliphatic carbocycles. The van der Waals surface area contributed by atoms with E-state index in [1.54, 1.807) is 0 Å². The van der Waals surface area contributed by atoms with Gasteiger partial charge in [-0.25, -0.2) is 4.39 Å². The molecule has 0 fully saturated rings. The van der Waals surface area contributed by atoms with Crippen molar-refractivity contribution in [3.63, 3.8) is 0 Å². The van der Waals surface area contributed by atoms with Gasteiger partial charge in [0.2, 0.25) is 0 Å². The Morgan fingerprint density at radius 2 is 2.00 bits per heavy atom. The van der Waals surface area contributed by atoms with Crippen molar-refractivity contribution >= 4 is 10.9 Å². The highest BCUT2D eigenvalue weighted by molar-refractivity contribution is 5.78. The van der Waals surface area contributed by atoms with Crippen molar-refractivity contribution in [2.45, 2.75) is 0 Å². The summed E-state index contributed by atoms with van der Waals surface area (Å²) in [5.74, 6) is -1.44. The van der Waals surface area contributed by atoms with Crippen LogP contribution in [0.5, 0.6) is 5.75 Å². The summed E-state index contributed by atoms with van der Waals surface area (Å²) in [5.41, 5.74) is -1.71. The van der Waals surface area contributed by atoms with Gasteiger partial charge in [0.1, 0.15) is 5.82 Å². The lowest BCUT2D eigenvalue weighted by molar-refractivity contribution is 0.468. The molecule has 0 spiro atoms. The Morgan fingerprint density at radius 3 is 2.73 bits per heavy atom. The molecular weight excluding hydrogens is 201 g/mol. The highest BCUT2D eigenvalue weighted by Gasteiger charge is 2.05. The molecule has 0 unspecified atom stereocenters. The number of hydrogen-bond donors (Lipinski definition) is 2. The maximum Gasteiger partial charge on any atom is 0.290 e. The van der Waals surface area contributed by atoms with E-state index in [-0.39, 0.29) is 10.9 Å². The quantitative estimate of drug-likeness (QED) is 0.669. The van der Waals surface area contributed by atoms with Crippen LogP contribution in [0.2, 0.25) is 0 Å². The van der Waals surface area contributed by atoms with Crippen LogP contribution >= 0.6 is 0 Å². The molecule has 2 N–H and O–H groups in total. The third-order valence-electron chi connectivity index (χ3n) is 2.02. The normalized spacial score (nSPS) is 10.5. The number of rotatable bonds is 0. The highest BCUT2D eigenvalue weighted by Crippen LogP contribution is 2.10. The third-order valence-corrected chi connectivity index (χ3v) is 2.02. The summed E-state index contributed by atoms with van der Waals surface area (Å²) in [6, 6.07) is 4.61. The molecule has 2 aromatic rings. The van der Waals surface area contributed by atoms with E-state index in [0.717, 1.165) is 12.1 Å². The number of nitrogens with one attached hydrogen (secondary N) is 1. The van der Waals surface area contributed by atoms with E-state index in [1.807, 2.05) is 0 Å². The summed E-state index contributed by atoms with van der Waals surface area (Å²) < 4.78 is 13.3. The lowest BCUT2D eigenvalue weighted by Crippen LogP contribution is -2.01. The van der Waals surface area contributed by atoms with Gasteiger partial charge in [-0.1, -0.05) is 6.07 Å². The number of fused-ring (bicyclic) bond motifs is 1. The Bertz CT molecular complexity index is 648. The molecular formula is C10H6FNO3. The number of aromatic hydroxyl groups is 1. The minimum Gasteiger partial charge on any atom is -0.503 e. The average molecular weight is 207 g/mol. The van der Waals surface area contributed by atoms with Crippen LogP contribution in [0.4, 0.5) is 4.39 Å². The van der Waals surface area contributed by atoms with Gasteiger partial charge in [0, 0.05) is 11.5 Å². The summed E-state index contributed by atoms with van der Waals surface area (Å²) in [4.78, 5) is 24.7. The molecule has 0 atom stereocenters. The number of halogens is 1. The van der Waals surface area contributed by atoms with Crippen LogP contribution in [0.1, 0.15) is 0 Å². The Hall–Kier alpha value is -2.17. The Balaban J connectivity index is 3.17. The van der Waals surface area contributed by atoms with Gasteiger partial charge in [0.15, 0.2) is 11.2 Å². The van der Waals surface area contributed by atoms with Crippen molar-refractivity contribution in [2.24, 2.45) is 0 Å². The number of H-pyrrole nitrogens is 1. The molecule has 0 aliphatic rings. The zero-order chi connectivity index (χ0) is 11.0. The lowest BCUT2D eigenvalue weighted by atomic mass is 10.2. The third kappa shape index (κ3) is 1.48. The van der Waals surface area contributed by atoms with Gasteiger partial charge in [-0.3, -0.25) is 9.59 Å². The fourth-order valence-corrected chi connectivity index (χ4v) is 1.30. The van der Waals surface area contributed by atoms with Crippen LogP contribution in [0.3, 0.4) is 0 Å². The minimum atomic E-state index is -0.896. The van der Waals surface area contributed by atoms with Crippen LogP contribution < -0.4 is 11.0 Å². The summed E-state index contributed by atoms with van der Waals surface area (Å²) in [7, 11) is 0. The van der Waals surface area contributed by atoms with Crippen molar-refractivity contribution in [1.29, 1.82) is 0 Å². The van der Waals surface area contributed by atoms with E-state index < -0.39 is 22.6 Å². The molecule has 4 nitrogen and oxygen atoms in total. The van der Waals surface area contributed by atoms with Crippen molar-refractivity contribution < 1.29 is 9.50 Å². The van der Waals surface area contributed by atoms with Gasteiger partial charge >= 0.3 is 0 Å². The topological polar surface area (TPSA) is 70.2 Å². The summed E-state index contributed by atoms with van der Waals surface area (Å²) in [6.07, 6.45) is 0. The van der Waals surface area contributed by atoms with Crippen LogP contribution in [0.15, 0.2) is 33.9 Å². The SMILES string of the molecule is O=c1[nH]c2c(F)cccc2c(=O)cc1O. The van der Waals surface area contributed by atoms with Gasteiger partial charge in [0.05, 0.1) is 5.52 Å². The molecule has 0 aliphatic heterocycles. The van der Waals surface area contributed by atoms with Gasteiger partial charge in [-0.05, 0) is 12.1 Å². The largest absolute Gasteiger partial charge is 0.503 e. The van der Waals surface area contributed by atoms with Gasteiger partial charge in [0.25, 0.3) is 5.56 Å². The molecule has 5 heteroatoms. The predicted molar refractivity (Wildman–Crippen MR) is 52.5 cm³/mol. The first kappa shape index (κ1) is 9.39. The number of aromatic amines is 1. The molecule has 0 amide bonds. The van der Waals surface area contributed by atoms with E-state index >= 15 is 0 Å². The molecule has 0 saturated heterocycles. The van der Waals surface area contributed by atoms with Crippen molar-refractivity contribution in [3.8, 4) is 5.75 Å². The molecule has 0 saturated carbocycles. The van der Waals surface area contributed by atoms with E-state index in [9.17, 15) is 14.0 Å². The number of benzene rings is 1. The molecule has 1 aromatic heterocycles. The van der Waals surface area contributed by atoms with Crippen molar-refractivity contribution in [3.05, 3.63) is 50.7 Å². The second-order valence-electron chi connectivity index (χ2n) is 3.01. The van der Waals surface area contributed by atoms with Crippen LogP contribution in [0.25, 0.3) is 10.9 Å². The zero-order valence-electron chi connectivity index (χ0n) is 7.45. The van der Waals surface area contributed by atoms with Gasteiger partial charge in [-0.15, -0.1) is 0 Å². The molecule has 1 aromatic carbocycles. The smallest absolute Gasteiger partial charge is 0.290 e.